The summed E-state index contributed by atoms with van der Waals surface area (Å²) in [5.41, 5.74) is 4.60. The van der Waals surface area contributed by atoms with Crippen LogP contribution in [-0.2, 0) is 13.1 Å². The summed E-state index contributed by atoms with van der Waals surface area (Å²) >= 11 is 1.76. The molecule has 0 fully saturated rings. The molecule has 0 radical (unpaired) electrons. The summed E-state index contributed by atoms with van der Waals surface area (Å²) in [7, 11) is 1.78. The van der Waals surface area contributed by atoms with Gasteiger partial charge in [-0.05, 0) is 48.6 Å². The summed E-state index contributed by atoms with van der Waals surface area (Å²) in [5.74, 6) is 1.68. The molecule has 0 aliphatic carbocycles. The SMILES string of the molecule is CN=C(NCc1nc2ccc(C)cc2[nH]1)NCc1sccc1C. The number of imidazole rings is 1. The highest BCUT2D eigenvalue weighted by atomic mass is 32.1. The fourth-order valence-electron chi connectivity index (χ4n) is 2.40. The fraction of sp³-hybridized carbons (Fsp3) is 0.294. The van der Waals surface area contributed by atoms with Crippen molar-refractivity contribution in [2.75, 3.05) is 7.05 Å². The number of nitrogens with one attached hydrogen (secondary N) is 3. The minimum Gasteiger partial charge on any atom is -0.352 e. The summed E-state index contributed by atoms with van der Waals surface area (Å²) in [5, 5.41) is 8.74. The molecule has 3 aromatic rings. The highest BCUT2D eigenvalue weighted by Gasteiger charge is 2.05. The molecule has 0 spiro atoms. The van der Waals surface area contributed by atoms with Crippen LogP contribution in [0, 0.1) is 13.8 Å². The van der Waals surface area contributed by atoms with Gasteiger partial charge in [-0.2, -0.15) is 0 Å². The average molecular weight is 327 g/mol. The van der Waals surface area contributed by atoms with Crippen LogP contribution in [0.2, 0.25) is 0 Å². The second-order valence-electron chi connectivity index (χ2n) is 5.51. The summed E-state index contributed by atoms with van der Waals surface area (Å²) in [4.78, 5) is 13.5. The van der Waals surface area contributed by atoms with Gasteiger partial charge in [-0.15, -0.1) is 11.3 Å². The number of aromatic nitrogens is 2. The van der Waals surface area contributed by atoms with Crippen LogP contribution in [0.1, 0.15) is 21.8 Å². The molecule has 2 aromatic heterocycles. The molecule has 5 nitrogen and oxygen atoms in total. The first-order valence-electron chi connectivity index (χ1n) is 7.58. The average Bonchev–Trinajstić information content (AvgIpc) is 3.13. The van der Waals surface area contributed by atoms with Gasteiger partial charge in [-0.3, -0.25) is 4.99 Å². The van der Waals surface area contributed by atoms with E-state index in [1.54, 1.807) is 18.4 Å². The van der Waals surface area contributed by atoms with Crippen LogP contribution in [0.15, 0.2) is 34.6 Å². The second kappa shape index (κ2) is 6.83. The smallest absolute Gasteiger partial charge is 0.191 e. The van der Waals surface area contributed by atoms with Crippen molar-refractivity contribution < 1.29 is 0 Å². The molecule has 0 atom stereocenters. The Labute approximate surface area is 139 Å². The van der Waals surface area contributed by atoms with Crippen molar-refractivity contribution in [2.24, 2.45) is 4.99 Å². The third-order valence-corrected chi connectivity index (χ3v) is 4.74. The number of benzene rings is 1. The number of hydrogen-bond donors (Lipinski definition) is 3. The Kier molecular flexibility index (Phi) is 4.62. The Morgan fingerprint density at radius 1 is 1.22 bits per heavy atom. The zero-order valence-corrected chi connectivity index (χ0v) is 14.4. The van der Waals surface area contributed by atoms with E-state index >= 15 is 0 Å². The molecule has 2 heterocycles. The highest BCUT2D eigenvalue weighted by Crippen LogP contribution is 2.15. The predicted molar refractivity (Wildman–Crippen MR) is 96.9 cm³/mol. The third-order valence-electron chi connectivity index (χ3n) is 3.72. The summed E-state index contributed by atoms with van der Waals surface area (Å²) in [6, 6.07) is 8.36. The van der Waals surface area contributed by atoms with Crippen molar-refractivity contribution in [3.8, 4) is 0 Å². The van der Waals surface area contributed by atoms with Crippen LogP contribution < -0.4 is 10.6 Å². The van der Waals surface area contributed by atoms with E-state index in [0.717, 1.165) is 29.4 Å². The number of nitrogens with zero attached hydrogens (tertiary/aromatic N) is 2. The number of aryl methyl sites for hydroxylation is 2. The maximum atomic E-state index is 4.59. The van der Waals surface area contributed by atoms with Crippen LogP contribution in [0.25, 0.3) is 11.0 Å². The Balaban J connectivity index is 1.59. The quantitative estimate of drug-likeness (QED) is 0.509. The van der Waals surface area contributed by atoms with Crippen LogP contribution in [0.4, 0.5) is 0 Å². The maximum absolute atomic E-state index is 4.59. The van der Waals surface area contributed by atoms with E-state index in [1.807, 2.05) is 6.07 Å². The second-order valence-corrected chi connectivity index (χ2v) is 6.51. The van der Waals surface area contributed by atoms with Crippen LogP contribution in [0.5, 0.6) is 0 Å². The van der Waals surface area contributed by atoms with Gasteiger partial charge >= 0.3 is 0 Å². The Hall–Kier alpha value is -2.34. The zero-order valence-electron chi connectivity index (χ0n) is 13.6. The summed E-state index contributed by atoms with van der Waals surface area (Å²) in [6.07, 6.45) is 0. The van der Waals surface area contributed by atoms with Gasteiger partial charge in [-0.1, -0.05) is 6.07 Å². The first-order valence-corrected chi connectivity index (χ1v) is 8.46. The van der Waals surface area contributed by atoms with Gasteiger partial charge in [0.15, 0.2) is 5.96 Å². The molecule has 3 N–H and O–H groups in total. The van der Waals surface area contributed by atoms with Gasteiger partial charge in [0.2, 0.25) is 0 Å². The van der Waals surface area contributed by atoms with Crippen LogP contribution in [0.3, 0.4) is 0 Å². The van der Waals surface area contributed by atoms with Crippen molar-refractivity contribution >= 4 is 28.3 Å². The molecule has 6 heteroatoms. The van der Waals surface area contributed by atoms with Crippen molar-refractivity contribution in [3.05, 3.63) is 51.5 Å². The van der Waals surface area contributed by atoms with E-state index in [1.165, 1.54) is 16.0 Å². The van der Waals surface area contributed by atoms with Gasteiger partial charge in [0, 0.05) is 11.9 Å². The number of guanidine groups is 1. The standard InChI is InChI=1S/C17H21N5S/c1-11-4-5-13-14(8-11)22-16(21-13)10-20-17(18-3)19-9-15-12(2)6-7-23-15/h4-8H,9-10H2,1-3H3,(H,21,22)(H2,18,19,20). The number of fused-ring (bicyclic) bond motifs is 1. The predicted octanol–water partition coefficient (Wildman–Crippen LogP) is 3.11. The number of rotatable bonds is 4. The van der Waals surface area contributed by atoms with E-state index in [9.17, 15) is 0 Å². The third kappa shape index (κ3) is 3.71. The van der Waals surface area contributed by atoms with E-state index < -0.39 is 0 Å². The molecule has 3 rings (SSSR count). The molecule has 0 amide bonds. The number of hydrogen-bond acceptors (Lipinski definition) is 3. The Morgan fingerprint density at radius 3 is 2.78 bits per heavy atom. The van der Waals surface area contributed by atoms with E-state index in [4.69, 9.17) is 0 Å². The fourth-order valence-corrected chi connectivity index (χ4v) is 3.24. The van der Waals surface area contributed by atoms with Gasteiger partial charge in [0.1, 0.15) is 5.82 Å². The molecule has 0 aliphatic heterocycles. The largest absolute Gasteiger partial charge is 0.352 e. The lowest BCUT2D eigenvalue weighted by Gasteiger charge is -2.10. The molecule has 120 valence electrons. The Bertz CT molecular complexity index is 830. The molecule has 0 saturated heterocycles. The minimum atomic E-state index is 0.608. The highest BCUT2D eigenvalue weighted by molar-refractivity contribution is 7.10. The number of thiophene rings is 1. The topological polar surface area (TPSA) is 65.1 Å². The summed E-state index contributed by atoms with van der Waals surface area (Å²) in [6.45, 7) is 5.59. The monoisotopic (exact) mass is 327 g/mol. The normalized spacial score (nSPS) is 11.9. The van der Waals surface area contributed by atoms with E-state index in [0.29, 0.717) is 6.54 Å². The van der Waals surface area contributed by atoms with Crippen molar-refractivity contribution in [1.82, 2.24) is 20.6 Å². The lowest BCUT2D eigenvalue weighted by Crippen LogP contribution is -2.36. The molecule has 0 bridgehead atoms. The Morgan fingerprint density at radius 2 is 2.04 bits per heavy atom. The van der Waals surface area contributed by atoms with Gasteiger partial charge in [0.05, 0.1) is 24.1 Å². The molecule has 0 saturated carbocycles. The van der Waals surface area contributed by atoms with Crippen molar-refractivity contribution in [1.29, 1.82) is 0 Å². The number of aromatic amines is 1. The van der Waals surface area contributed by atoms with Gasteiger partial charge in [-0.25, -0.2) is 4.98 Å². The molecular weight excluding hydrogens is 306 g/mol. The molecule has 23 heavy (non-hydrogen) atoms. The maximum Gasteiger partial charge on any atom is 0.191 e. The first-order chi connectivity index (χ1) is 11.2. The lowest BCUT2D eigenvalue weighted by atomic mass is 10.2. The molecule has 1 aromatic carbocycles. The molecule has 0 unspecified atom stereocenters. The lowest BCUT2D eigenvalue weighted by molar-refractivity contribution is 0.787. The van der Waals surface area contributed by atoms with Gasteiger partial charge in [0.25, 0.3) is 0 Å². The zero-order chi connectivity index (χ0) is 16.2. The number of H-pyrrole nitrogens is 1. The summed E-state index contributed by atoms with van der Waals surface area (Å²) < 4.78 is 0. The van der Waals surface area contributed by atoms with Crippen LogP contribution in [-0.4, -0.2) is 23.0 Å². The first kappa shape index (κ1) is 15.6. The van der Waals surface area contributed by atoms with Gasteiger partial charge < -0.3 is 15.6 Å². The van der Waals surface area contributed by atoms with Crippen molar-refractivity contribution in [3.63, 3.8) is 0 Å². The number of aliphatic imine (C=N–C) groups is 1. The van der Waals surface area contributed by atoms with Crippen LogP contribution >= 0.6 is 11.3 Å². The van der Waals surface area contributed by atoms with Crippen molar-refractivity contribution in [2.45, 2.75) is 26.9 Å². The molecule has 0 aliphatic rings. The van der Waals surface area contributed by atoms with E-state index in [-0.39, 0.29) is 0 Å². The minimum absolute atomic E-state index is 0.608. The molecular formula is C17H21N5S. The van der Waals surface area contributed by atoms with E-state index in [2.05, 4.69) is 63.0 Å².